The van der Waals surface area contributed by atoms with Gasteiger partial charge in [-0.3, -0.25) is 9.59 Å². The average molecular weight is 293 g/mol. The zero-order chi connectivity index (χ0) is 14.1. The number of benzene rings is 1. The number of hydrogen-bond donors (Lipinski definition) is 1. The van der Waals surface area contributed by atoms with Gasteiger partial charge in [0.1, 0.15) is 0 Å². The number of carbonyl (C=O) groups excluding carboxylic acids is 2. The molecule has 1 saturated heterocycles. The molecule has 3 rings (SSSR count). The number of carbonyl (C=O) groups is 2. The first-order valence-electron chi connectivity index (χ1n) is 6.99. The molecule has 0 aromatic heterocycles. The lowest BCUT2D eigenvalue weighted by Gasteiger charge is -2.34. The van der Waals surface area contributed by atoms with E-state index in [0.717, 1.165) is 12.8 Å². The van der Waals surface area contributed by atoms with Crippen LogP contribution in [0.1, 0.15) is 25.7 Å². The van der Waals surface area contributed by atoms with Crippen molar-refractivity contribution in [2.75, 3.05) is 11.9 Å². The van der Waals surface area contributed by atoms with Crippen LogP contribution >= 0.6 is 11.6 Å². The molecule has 5 heteroatoms. The maximum absolute atomic E-state index is 12.2. The number of amides is 2. The molecular weight excluding hydrogens is 276 g/mol. The minimum Gasteiger partial charge on any atom is -0.339 e. The van der Waals surface area contributed by atoms with Gasteiger partial charge in [0.15, 0.2) is 0 Å². The molecule has 1 atom stereocenters. The van der Waals surface area contributed by atoms with Crippen LogP contribution in [0.3, 0.4) is 0 Å². The lowest BCUT2D eigenvalue weighted by Crippen LogP contribution is -2.41. The van der Waals surface area contributed by atoms with Crippen LogP contribution in [0, 0.1) is 5.92 Å². The molecule has 2 fully saturated rings. The van der Waals surface area contributed by atoms with Crippen molar-refractivity contribution in [1.82, 2.24) is 4.90 Å². The SMILES string of the molecule is O=C(Nc1ccc(Cl)cc1)C1CC(=O)N(C2CCC2)C1. The molecule has 106 valence electrons. The highest BCUT2D eigenvalue weighted by Crippen LogP contribution is 2.31. The summed E-state index contributed by atoms with van der Waals surface area (Å²) in [6, 6.07) is 7.37. The standard InChI is InChI=1S/C15H17ClN2O2/c16-11-4-6-12(7-5-11)17-15(20)10-8-14(19)18(9-10)13-2-1-3-13/h4-7,10,13H,1-3,8-9H2,(H,17,20). The lowest BCUT2D eigenvalue weighted by molar-refractivity contribution is -0.131. The Hall–Kier alpha value is -1.55. The maximum atomic E-state index is 12.2. The van der Waals surface area contributed by atoms with Crippen molar-refractivity contribution in [3.63, 3.8) is 0 Å². The van der Waals surface area contributed by atoms with Gasteiger partial charge in [0, 0.05) is 29.7 Å². The van der Waals surface area contributed by atoms with Gasteiger partial charge in [0.2, 0.25) is 11.8 Å². The highest BCUT2D eigenvalue weighted by atomic mass is 35.5. The molecule has 0 radical (unpaired) electrons. The summed E-state index contributed by atoms with van der Waals surface area (Å²) in [6.07, 6.45) is 3.68. The number of likely N-dealkylation sites (tertiary alicyclic amines) is 1. The van der Waals surface area contributed by atoms with E-state index >= 15 is 0 Å². The van der Waals surface area contributed by atoms with Crippen LogP contribution in [0.4, 0.5) is 5.69 Å². The summed E-state index contributed by atoms with van der Waals surface area (Å²) >= 11 is 5.81. The molecule has 1 aliphatic carbocycles. The van der Waals surface area contributed by atoms with Crippen molar-refractivity contribution in [1.29, 1.82) is 0 Å². The molecule has 2 aliphatic rings. The summed E-state index contributed by atoms with van der Waals surface area (Å²) in [5, 5.41) is 3.49. The molecule has 1 aromatic carbocycles. The van der Waals surface area contributed by atoms with Crippen molar-refractivity contribution in [3.8, 4) is 0 Å². The molecule has 4 nitrogen and oxygen atoms in total. The van der Waals surface area contributed by atoms with E-state index in [0.29, 0.717) is 29.7 Å². The smallest absolute Gasteiger partial charge is 0.229 e. The number of rotatable bonds is 3. The fourth-order valence-corrected chi connectivity index (χ4v) is 2.86. The van der Waals surface area contributed by atoms with Crippen molar-refractivity contribution in [2.45, 2.75) is 31.7 Å². The van der Waals surface area contributed by atoms with Gasteiger partial charge < -0.3 is 10.2 Å². The highest BCUT2D eigenvalue weighted by Gasteiger charge is 2.39. The third-order valence-corrected chi connectivity index (χ3v) is 4.41. The summed E-state index contributed by atoms with van der Waals surface area (Å²) in [6.45, 7) is 0.558. The molecular formula is C15H17ClN2O2. The first-order valence-corrected chi connectivity index (χ1v) is 7.37. The normalized spacial score (nSPS) is 22.8. The minimum absolute atomic E-state index is 0.0810. The van der Waals surface area contributed by atoms with Gasteiger partial charge in [-0.1, -0.05) is 11.6 Å². The molecule has 1 N–H and O–H groups in total. The Morgan fingerprint density at radius 1 is 1.25 bits per heavy atom. The minimum atomic E-state index is -0.237. The monoisotopic (exact) mass is 292 g/mol. The van der Waals surface area contributed by atoms with Crippen LogP contribution in [0.5, 0.6) is 0 Å². The second-order valence-electron chi connectivity index (χ2n) is 5.53. The zero-order valence-electron chi connectivity index (χ0n) is 11.1. The molecule has 0 spiro atoms. The van der Waals surface area contributed by atoms with Crippen molar-refractivity contribution in [2.24, 2.45) is 5.92 Å². The van der Waals surface area contributed by atoms with E-state index in [4.69, 9.17) is 11.6 Å². The van der Waals surface area contributed by atoms with E-state index in [2.05, 4.69) is 5.32 Å². The molecule has 0 bridgehead atoms. The van der Waals surface area contributed by atoms with E-state index in [9.17, 15) is 9.59 Å². The number of nitrogens with one attached hydrogen (secondary N) is 1. The van der Waals surface area contributed by atoms with E-state index in [-0.39, 0.29) is 17.7 Å². The van der Waals surface area contributed by atoms with E-state index in [1.54, 1.807) is 24.3 Å². The zero-order valence-corrected chi connectivity index (χ0v) is 11.9. The van der Waals surface area contributed by atoms with Crippen molar-refractivity contribution >= 4 is 29.1 Å². The summed E-state index contributed by atoms with van der Waals surface area (Å²) in [4.78, 5) is 26.0. The summed E-state index contributed by atoms with van der Waals surface area (Å²) in [7, 11) is 0. The molecule has 1 aliphatic heterocycles. The van der Waals surface area contributed by atoms with Crippen LogP contribution in [0.25, 0.3) is 0 Å². The molecule has 1 unspecified atom stereocenters. The third kappa shape index (κ3) is 2.66. The Morgan fingerprint density at radius 2 is 1.95 bits per heavy atom. The van der Waals surface area contributed by atoms with Gasteiger partial charge in [0.05, 0.1) is 5.92 Å². The topological polar surface area (TPSA) is 49.4 Å². The van der Waals surface area contributed by atoms with Crippen LogP contribution in [-0.2, 0) is 9.59 Å². The van der Waals surface area contributed by atoms with Crippen LogP contribution in [-0.4, -0.2) is 29.3 Å². The molecule has 20 heavy (non-hydrogen) atoms. The Kier molecular flexibility index (Phi) is 3.66. The first kappa shape index (κ1) is 13.4. The second kappa shape index (κ2) is 5.44. The van der Waals surface area contributed by atoms with E-state index in [1.807, 2.05) is 4.90 Å². The fourth-order valence-electron chi connectivity index (χ4n) is 2.74. The summed E-state index contributed by atoms with van der Waals surface area (Å²) < 4.78 is 0. The molecule has 2 amide bonds. The molecule has 1 saturated carbocycles. The fraction of sp³-hybridized carbons (Fsp3) is 0.467. The van der Waals surface area contributed by atoms with Crippen molar-refractivity contribution < 1.29 is 9.59 Å². The summed E-state index contributed by atoms with van der Waals surface area (Å²) in [5.74, 6) is -0.202. The Bertz CT molecular complexity index is 525. The highest BCUT2D eigenvalue weighted by molar-refractivity contribution is 6.30. The van der Waals surface area contributed by atoms with Gasteiger partial charge in [-0.05, 0) is 43.5 Å². The number of anilines is 1. The largest absolute Gasteiger partial charge is 0.339 e. The average Bonchev–Trinajstić information content (AvgIpc) is 2.73. The number of nitrogens with zero attached hydrogens (tertiary/aromatic N) is 1. The predicted octanol–water partition coefficient (Wildman–Crippen LogP) is 2.68. The van der Waals surface area contributed by atoms with E-state index < -0.39 is 0 Å². The lowest BCUT2D eigenvalue weighted by atomic mass is 9.92. The van der Waals surface area contributed by atoms with Crippen molar-refractivity contribution in [3.05, 3.63) is 29.3 Å². The second-order valence-corrected chi connectivity index (χ2v) is 5.96. The first-order chi connectivity index (χ1) is 9.63. The Balaban J connectivity index is 1.60. The summed E-state index contributed by atoms with van der Waals surface area (Å²) in [5.41, 5.74) is 0.717. The predicted molar refractivity (Wildman–Crippen MR) is 77.5 cm³/mol. The van der Waals surface area contributed by atoms with Gasteiger partial charge in [-0.2, -0.15) is 0 Å². The molecule has 1 aromatic rings. The molecule has 1 heterocycles. The van der Waals surface area contributed by atoms with Crippen LogP contribution in [0.2, 0.25) is 5.02 Å². The Labute approximate surface area is 123 Å². The maximum Gasteiger partial charge on any atom is 0.229 e. The van der Waals surface area contributed by atoms with Crippen LogP contribution < -0.4 is 5.32 Å². The van der Waals surface area contributed by atoms with Gasteiger partial charge in [-0.25, -0.2) is 0 Å². The van der Waals surface area contributed by atoms with Gasteiger partial charge in [-0.15, -0.1) is 0 Å². The Morgan fingerprint density at radius 3 is 2.55 bits per heavy atom. The third-order valence-electron chi connectivity index (χ3n) is 4.16. The quantitative estimate of drug-likeness (QED) is 0.931. The number of hydrogen-bond acceptors (Lipinski definition) is 2. The van der Waals surface area contributed by atoms with E-state index in [1.165, 1.54) is 6.42 Å². The number of halogens is 1. The van der Waals surface area contributed by atoms with Crippen LogP contribution in [0.15, 0.2) is 24.3 Å². The van der Waals surface area contributed by atoms with Gasteiger partial charge >= 0.3 is 0 Å². The van der Waals surface area contributed by atoms with Gasteiger partial charge in [0.25, 0.3) is 0 Å².